The van der Waals surface area contributed by atoms with Gasteiger partial charge in [0.05, 0.1) is 26.9 Å². The maximum Gasteiger partial charge on any atom is 0.330 e. The lowest BCUT2D eigenvalue weighted by Crippen LogP contribution is -2.14. The molecule has 0 heterocycles. The highest BCUT2D eigenvalue weighted by molar-refractivity contribution is 6.13. The van der Waals surface area contributed by atoms with Crippen LogP contribution in [0.2, 0.25) is 0 Å². The van der Waals surface area contributed by atoms with E-state index < -0.39 is 23.7 Å². The number of ether oxygens (including phenoxy) is 9. The molecule has 0 saturated heterocycles. The zero-order valence-corrected chi connectivity index (χ0v) is 36.6. The summed E-state index contributed by atoms with van der Waals surface area (Å²) in [4.78, 5) is 50.5. The summed E-state index contributed by atoms with van der Waals surface area (Å²) in [5.41, 5.74) is 4.27. The van der Waals surface area contributed by atoms with Crippen LogP contribution in [0.5, 0.6) is 40.2 Å². The molecule has 5 aromatic rings. The van der Waals surface area contributed by atoms with Crippen molar-refractivity contribution in [3.8, 4) is 40.2 Å². The predicted octanol–water partition coefficient (Wildman–Crippen LogP) is 8.78. The SMILES string of the molecule is C.COc1ccc(/C=C/C(=O)OCCOc2cc(O)c3c(c2)CC(c2ccc(OCCOC(=O)/C=C/c4ccc(OC)cc4)c(OCCOC(=O)/C=C/c4ccc(OC)cc4)c2)=CC3=O)cc1. The van der Waals surface area contributed by atoms with Gasteiger partial charge in [-0.1, -0.05) is 49.9 Å². The Hall–Kier alpha value is -8.26. The van der Waals surface area contributed by atoms with E-state index in [1.54, 1.807) is 137 Å². The fraction of sp³-hybridized carbons (Fsp3) is 0.208. The van der Waals surface area contributed by atoms with Crippen molar-refractivity contribution < 1.29 is 66.9 Å². The van der Waals surface area contributed by atoms with E-state index in [-0.39, 0.29) is 76.3 Å². The topological polar surface area (TPSA) is 172 Å². The average Bonchev–Trinajstić information content (AvgIpc) is 3.34. The normalized spacial score (nSPS) is 11.9. The Morgan fingerprint density at radius 2 is 0.955 bits per heavy atom. The summed E-state index contributed by atoms with van der Waals surface area (Å²) >= 11 is 0. The second-order valence-corrected chi connectivity index (χ2v) is 14.2. The summed E-state index contributed by atoms with van der Waals surface area (Å²) in [6.07, 6.45) is 10.5. The van der Waals surface area contributed by atoms with Gasteiger partial charge in [-0.2, -0.15) is 0 Å². The van der Waals surface area contributed by atoms with Gasteiger partial charge < -0.3 is 47.7 Å². The Balaban J connectivity index is 0.00000840. The number of phenols is 1. The minimum atomic E-state index is -0.572. The number of rotatable bonds is 22. The number of methoxy groups -OCH3 is 3. The zero-order chi connectivity index (χ0) is 46.7. The van der Waals surface area contributed by atoms with E-state index in [1.165, 1.54) is 30.4 Å². The molecular formula is C53H52O14. The van der Waals surface area contributed by atoms with Crippen molar-refractivity contribution in [1.29, 1.82) is 0 Å². The second kappa shape index (κ2) is 25.3. The summed E-state index contributed by atoms with van der Waals surface area (Å²) in [6.45, 7) is -0.291. The molecule has 14 nitrogen and oxygen atoms in total. The first kappa shape index (κ1) is 49.8. The smallest absolute Gasteiger partial charge is 0.330 e. The lowest BCUT2D eigenvalue weighted by atomic mass is 9.86. The number of esters is 3. The monoisotopic (exact) mass is 912 g/mol. The minimum absolute atomic E-state index is 0. The predicted molar refractivity (Wildman–Crippen MR) is 253 cm³/mol. The first-order valence-electron chi connectivity index (χ1n) is 20.7. The van der Waals surface area contributed by atoms with Crippen LogP contribution < -0.4 is 28.4 Å². The Morgan fingerprint density at radius 1 is 0.522 bits per heavy atom. The first-order valence-corrected chi connectivity index (χ1v) is 20.7. The van der Waals surface area contributed by atoms with Crippen molar-refractivity contribution in [3.05, 3.63) is 161 Å². The molecule has 0 spiro atoms. The van der Waals surface area contributed by atoms with Gasteiger partial charge in [0.1, 0.15) is 68.4 Å². The summed E-state index contributed by atoms with van der Waals surface area (Å²) < 4.78 is 49.2. The van der Waals surface area contributed by atoms with Gasteiger partial charge in [0, 0.05) is 24.3 Å². The molecule has 1 aliphatic rings. The number of allylic oxidation sites excluding steroid dienone is 2. The third-order valence-corrected chi connectivity index (χ3v) is 9.77. The Labute approximate surface area is 389 Å². The van der Waals surface area contributed by atoms with Gasteiger partial charge in [-0.05, 0) is 119 Å². The lowest BCUT2D eigenvalue weighted by Gasteiger charge is -2.20. The van der Waals surface area contributed by atoms with Gasteiger partial charge in [0.2, 0.25) is 0 Å². The maximum absolute atomic E-state index is 13.4. The number of hydrogen-bond donors (Lipinski definition) is 1. The number of aromatic hydroxyl groups is 1. The molecule has 5 aromatic carbocycles. The zero-order valence-electron chi connectivity index (χ0n) is 36.6. The average molecular weight is 913 g/mol. The van der Waals surface area contributed by atoms with Gasteiger partial charge in [-0.25, -0.2) is 14.4 Å². The summed E-state index contributed by atoms with van der Waals surface area (Å²) in [5, 5.41) is 10.9. The number of phenolic OH excluding ortho intramolecular Hbond substituents is 1. The molecule has 6 rings (SSSR count). The van der Waals surface area contributed by atoms with E-state index in [2.05, 4.69) is 0 Å². The van der Waals surface area contributed by atoms with Crippen molar-refractivity contribution in [2.75, 3.05) is 61.0 Å². The van der Waals surface area contributed by atoms with E-state index in [0.29, 0.717) is 39.7 Å². The molecule has 67 heavy (non-hydrogen) atoms. The van der Waals surface area contributed by atoms with Crippen molar-refractivity contribution in [2.45, 2.75) is 13.8 Å². The summed E-state index contributed by atoms with van der Waals surface area (Å²) in [5.74, 6) is 0.604. The van der Waals surface area contributed by atoms with E-state index in [0.717, 1.165) is 16.7 Å². The Morgan fingerprint density at radius 3 is 1.40 bits per heavy atom. The minimum Gasteiger partial charge on any atom is -0.507 e. The molecule has 0 fully saturated rings. The van der Waals surface area contributed by atoms with Crippen LogP contribution in [-0.2, 0) is 35.0 Å². The second-order valence-electron chi connectivity index (χ2n) is 14.2. The number of carbonyl (C=O) groups is 4. The van der Waals surface area contributed by atoms with Crippen LogP contribution in [0.25, 0.3) is 23.8 Å². The van der Waals surface area contributed by atoms with Gasteiger partial charge in [0.15, 0.2) is 17.3 Å². The summed E-state index contributed by atoms with van der Waals surface area (Å²) in [7, 11) is 4.72. The maximum atomic E-state index is 13.4. The van der Waals surface area contributed by atoms with Gasteiger partial charge in [-0.3, -0.25) is 4.79 Å². The first-order chi connectivity index (χ1) is 32.1. The van der Waals surface area contributed by atoms with Crippen LogP contribution in [0.3, 0.4) is 0 Å². The van der Waals surface area contributed by atoms with E-state index in [4.69, 9.17) is 42.6 Å². The molecule has 0 aromatic heterocycles. The molecule has 0 amide bonds. The van der Waals surface area contributed by atoms with E-state index in [1.807, 2.05) is 0 Å². The Kier molecular flexibility index (Phi) is 18.8. The standard InChI is InChI=1S/C52H48O14.CH4/c1-58-41-14-4-35(5-15-41)10-21-49(55)64-27-24-61-44-31-40-30-39(32-45(53)52(40)46(54)34-44)38-13-20-47(62-25-28-65-50(56)22-11-36-6-16-42(59-2)17-7-36)48(33-38)63-26-29-66-51(57)23-12-37-8-18-43(60-3)19-9-37;/h4-23,31-34,54H,24-30H2,1-3H3;1H4/b21-10+,22-11+,23-12+;. The van der Waals surface area contributed by atoms with Gasteiger partial charge in [0.25, 0.3) is 0 Å². The number of fused-ring (bicyclic) bond motifs is 1. The summed E-state index contributed by atoms with van der Waals surface area (Å²) in [6, 6.07) is 29.6. The fourth-order valence-corrected chi connectivity index (χ4v) is 6.45. The number of benzene rings is 5. The highest BCUT2D eigenvalue weighted by Gasteiger charge is 2.24. The highest BCUT2D eigenvalue weighted by atomic mass is 16.6. The quantitative estimate of drug-likeness (QED) is 0.0302. The lowest BCUT2D eigenvalue weighted by molar-refractivity contribution is -0.139. The van der Waals surface area contributed by atoms with Crippen molar-refractivity contribution in [3.63, 3.8) is 0 Å². The van der Waals surface area contributed by atoms with Crippen molar-refractivity contribution >= 4 is 47.5 Å². The molecule has 0 aliphatic heterocycles. The highest BCUT2D eigenvalue weighted by Crippen LogP contribution is 2.38. The van der Waals surface area contributed by atoms with Gasteiger partial charge >= 0.3 is 17.9 Å². The van der Waals surface area contributed by atoms with E-state index in [9.17, 15) is 24.3 Å². The Bertz CT molecular complexity index is 2590. The molecule has 0 saturated carbocycles. The van der Waals surface area contributed by atoms with E-state index >= 15 is 0 Å². The molecule has 348 valence electrons. The number of hydrogen-bond acceptors (Lipinski definition) is 14. The molecular weight excluding hydrogens is 861 g/mol. The molecule has 1 N–H and O–H groups in total. The number of carbonyl (C=O) groups excluding carboxylic acids is 4. The molecule has 0 unspecified atom stereocenters. The van der Waals surface area contributed by atoms with Crippen molar-refractivity contribution in [1.82, 2.24) is 0 Å². The van der Waals surface area contributed by atoms with Crippen LogP contribution in [0.1, 0.15) is 45.6 Å². The van der Waals surface area contributed by atoms with Crippen LogP contribution in [0.15, 0.2) is 127 Å². The van der Waals surface area contributed by atoms with Crippen LogP contribution in [0.4, 0.5) is 0 Å². The van der Waals surface area contributed by atoms with Crippen LogP contribution >= 0.6 is 0 Å². The molecule has 0 bridgehead atoms. The molecule has 0 atom stereocenters. The molecule has 1 aliphatic carbocycles. The van der Waals surface area contributed by atoms with Gasteiger partial charge in [-0.15, -0.1) is 0 Å². The number of ketones is 1. The molecule has 14 heteroatoms. The third-order valence-electron chi connectivity index (χ3n) is 9.77. The molecule has 0 radical (unpaired) electrons. The fourth-order valence-electron chi connectivity index (χ4n) is 6.45. The van der Waals surface area contributed by atoms with Crippen molar-refractivity contribution in [2.24, 2.45) is 0 Å². The van der Waals surface area contributed by atoms with Crippen LogP contribution in [0, 0.1) is 0 Å². The van der Waals surface area contributed by atoms with Crippen LogP contribution in [-0.4, -0.2) is 89.8 Å². The third kappa shape index (κ3) is 15.2. The largest absolute Gasteiger partial charge is 0.507 e.